The number of nitrogens with zero attached hydrogens (tertiary/aromatic N) is 3. The molecule has 1 saturated heterocycles. The number of rotatable bonds is 6. The van der Waals surface area contributed by atoms with E-state index in [1.54, 1.807) is 9.58 Å². The highest BCUT2D eigenvalue weighted by Gasteiger charge is 2.37. The van der Waals surface area contributed by atoms with Gasteiger partial charge in [-0.3, -0.25) is 9.48 Å². The van der Waals surface area contributed by atoms with Crippen LogP contribution in [0.4, 0.5) is 0 Å². The van der Waals surface area contributed by atoms with Gasteiger partial charge < -0.3 is 15.3 Å². The number of carbonyl (C=O) groups excluding carboxylic acids is 1. The molecular formula is C20H28N4O2. The van der Waals surface area contributed by atoms with Gasteiger partial charge in [0, 0.05) is 38.8 Å². The van der Waals surface area contributed by atoms with E-state index in [2.05, 4.69) is 10.4 Å². The summed E-state index contributed by atoms with van der Waals surface area (Å²) in [5.74, 6) is 0.101. The lowest BCUT2D eigenvalue weighted by atomic mass is 9.89. The van der Waals surface area contributed by atoms with Crippen LogP contribution in [0.2, 0.25) is 0 Å². The molecule has 0 bridgehead atoms. The second-order valence-electron chi connectivity index (χ2n) is 7.12. The van der Waals surface area contributed by atoms with Crippen molar-refractivity contribution < 1.29 is 9.90 Å². The number of benzene rings is 1. The average molecular weight is 356 g/mol. The second-order valence-corrected chi connectivity index (χ2v) is 7.12. The van der Waals surface area contributed by atoms with Gasteiger partial charge >= 0.3 is 0 Å². The van der Waals surface area contributed by atoms with Crippen molar-refractivity contribution in [2.45, 2.75) is 25.9 Å². The van der Waals surface area contributed by atoms with E-state index in [1.165, 1.54) is 0 Å². The van der Waals surface area contributed by atoms with E-state index >= 15 is 0 Å². The van der Waals surface area contributed by atoms with E-state index in [1.807, 2.05) is 57.6 Å². The summed E-state index contributed by atoms with van der Waals surface area (Å²) in [6.45, 7) is 6.31. The van der Waals surface area contributed by atoms with Crippen LogP contribution >= 0.6 is 0 Å². The maximum atomic E-state index is 13.1. The highest BCUT2D eigenvalue weighted by molar-refractivity contribution is 5.80. The summed E-state index contributed by atoms with van der Waals surface area (Å²) in [7, 11) is 1.89. The van der Waals surface area contributed by atoms with Crippen LogP contribution in [0.3, 0.4) is 0 Å². The van der Waals surface area contributed by atoms with Crippen LogP contribution < -0.4 is 5.32 Å². The molecule has 2 heterocycles. The molecule has 0 spiro atoms. The lowest BCUT2D eigenvalue weighted by Gasteiger charge is -2.28. The first-order valence-electron chi connectivity index (χ1n) is 9.22. The molecule has 0 saturated carbocycles. The Bertz CT molecular complexity index is 741. The summed E-state index contributed by atoms with van der Waals surface area (Å²) in [5, 5.41) is 18.1. The van der Waals surface area contributed by atoms with E-state index in [0.29, 0.717) is 19.6 Å². The van der Waals surface area contributed by atoms with Gasteiger partial charge in [-0.1, -0.05) is 29.8 Å². The lowest BCUT2D eigenvalue weighted by molar-refractivity contribution is -0.136. The number of aliphatic hydroxyl groups is 1. The number of hydrogen-bond acceptors (Lipinski definition) is 4. The third-order valence-corrected chi connectivity index (χ3v) is 5.23. The van der Waals surface area contributed by atoms with Crippen molar-refractivity contribution in [3.63, 3.8) is 0 Å². The number of nitrogens with one attached hydrogen (secondary N) is 1. The molecule has 1 amide bonds. The SMILES string of the molecule is CCN(CC(O)c1ccc(C)cc1)C(=O)[C@H]1CNC[C@@H]1c1cnn(C)c1. The first kappa shape index (κ1) is 18.6. The van der Waals surface area contributed by atoms with Crippen molar-refractivity contribution in [3.8, 4) is 0 Å². The number of likely N-dealkylation sites (N-methyl/N-ethyl adjacent to an activating group) is 1. The molecular weight excluding hydrogens is 328 g/mol. The third kappa shape index (κ3) is 3.97. The van der Waals surface area contributed by atoms with E-state index in [0.717, 1.165) is 23.2 Å². The zero-order valence-electron chi connectivity index (χ0n) is 15.7. The van der Waals surface area contributed by atoms with E-state index in [9.17, 15) is 9.90 Å². The van der Waals surface area contributed by atoms with Crippen molar-refractivity contribution in [1.82, 2.24) is 20.0 Å². The Hall–Kier alpha value is -2.18. The average Bonchev–Trinajstić information content (AvgIpc) is 3.28. The highest BCUT2D eigenvalue weighted by atomic mass is 16.3. The molecule has 140 valence electrons. The van der Waals surface area contributed by atoms with Crippen LogP contribution in [0.1, 0.15) is 35.6 Å². The van der Waals surface area contributed by atoms with Gasteiger partial charge in [0.1, 0.15) is 0 Å². The van der Waals surface area contributed by atoms with Crippen LogP contribution in [-0.4, -0.2) is 51.9 Å². The molecule has 1 aliphatic heterocycles. The third-order valence-electron chi connectivity index (χ3n) is 5.23. The lowest BCUT2D eigenvalue weighted by Crippen LogP contribution is -2.41. The molecule has 1 unspecified atom stereocenters. The van der Waals surface area contributed by atoms with Gasteiger partial charge in [0.15, 0.2) is 0 Å². The quantitative estimate of drug-likeness (QED) is 0.825. The zero-order valence-corrected chi connectivity index (χ0v) is 15.7. The van der Waals surface area contributed by atoms with Crippen LogP contribution in [0.5, 0.6) is 0 Å². The number of carbonyl (C=O) groups is 1. The Kier molecular flexibility index (Phi) is 5.74. The zero-order chi connectivity index (χ0) is 18.7. The van der Waals surface area contributed by atoms with E-state index in [4.69, 9.17) is 0 Å². The molecule has 1 aromatic heterocycles. The molecule has 0 radical (unpaired) electrons. The summed E-state index contributed by atoms with van der Waals surface area (Å²) >= 11 is 0. The topological polar surface area (TPSA) is 70.4 Å². The monoisotopic (exact) mass is 356 g/mol. The van der Waals surface area contributed by atoms with Crippen molar-refractivity contribution in [2.75, 3.05) is 26.2 Å². The van der Waals surface area contributed by atoms with Crippen molar-refractivity contribution in [3.05, 3.63) is 53.3 Å². The minimum atomic E-state index is -0.675. The number of amides is 1. The fraction of sp³-hybridized carbons (Fsp3) is 0.500. The standard InChI is InChI=1S/C20H28N4O2/c1-4-24(13-19(25)15-7-5-14(2)6-8-15)20(26)18-11-21-10-17(18)16-9-22-23(3)12-16/h5-9,12,17-19,21,25H,4,10-11,13H2,1-3H3/t17-,18+,19?/m1/s1. The van der Waals surface area contributed by atoms with Gasteiger partial charge in [-0.25, -0.2) is 0 Å². The molecule has 1 aliphatic rings. The minimum Gasteiger partial charge on any atom is -0.387 e. The van der Waals surface area contributed by atoms with Gasteiger partial charge in [0.25, 0.3) is 0 Å². The largest absolute Gasteiger partial charge is 0.387 e. The molecule has 6 nitrogen and oxygen atoms in total. The molecule has 0 aliphatic carbocycles. The Labute approximate surface area is 154 Å². The second kappa shape index (κ2) is 8.01. The molecule has 3 rings (SSSR count). The Morgan fingerprint density at radius 1 is 1.38 bits per heavy atom. The van der Waals surface area contributed by atoms with Gasteiger partial charge in [-0.05, 0) is 25.0 Å². The summed E-state index contributed by atoms with van der Waals surface area (Å²) in [4.78, 5) is 14.9. The molecule has 1 fully saturated rings. The fourth-order valence-electron chi connectivity index (χ4n) is 3.63. The van der Waals surface area contributed by atoms with E-state index < -0.39 is 6.10 Å². The summed E-state index contributed by atoms with van der Waals surface area (Å²) in [5.41, 5.74) is 3.09. The van der Waals surface area contributed by atoms with Crippen LogP contribution in [0.25, 0.3) is 0 Å². The summed E-state index contributed by atoms with van der Waals surface area (Å²) < 4.78 is 1.77. The van der Waals surface area contributed by atoms with E-state index in [-0.39, 0.29) is 17.7 Å². The molecule has 26 heavy (non-hydrogen) atoms. The first-order chi connectivity index (χ1) is 12.5. The fourth-order valence-corrected chi connectivity index (χ4v) is 3.63. The molecule has 6 heteroatoms. The van der Waals surface area contributed by atoms with Gasteiger partial charge in [0.05, 0.1) is 24.8 Å². The molecule has 3 atom stereocenters. The number of aliphatic hydroxyl groups excluding tert-OH is 1. The van der Waals surface area contributed by atoms with Crippen molar-refractivity contribution >= 4 is 5.91 Å². The number of hydrogen-bond donors (Lipinski definition) is 2. The predicted molar refractivity (Wildman–Crippen MR) is 101 cm³/mol. The maximum Gasteiger partial charge on any atom is 0.227 e. The highest BCUT2D eigenvalue weighted by Crippen LogP contribution is 2.30. The predicted octanol–water partition coefficient (Wildman–Crippen LogP) is 1.61. The summed E-state index contributed by atoms with van der Waals surface area (Å²) in [6.07, 6.45) is 3.15. The Morgan fingerprint density at radius 2 is 2.12 bits per heavy atom. The van der Waals surface area contributed by atoms with Gasteiger partial charge in [-0.15, -0.1) is 0 Å². The first-order valence-corrected chi connectivity index (χ1v) is 9.22. The minimum absolute atomic E-state index is 0.0949. The van der Waals surface area contributed by atoms with Crippen LogP contribution in [0, 0.1) is 12.8 Å². The van der Waals surface area contributed by atoms with Gasteiger partial charge in [0.2, 0.25) is 5.91 Å². The van der Waals surface area contributed by atoms with Gasteiger partial charge in [-0.2, -0.15) is 5.10 Å². The Morgan fingerprint density at radius 3 is 2.73 bits per heavy atom. The number of aryl methyl sites for hydroxylation is 2. The smallest absolute Gasteiger partial charge is 0.227 e. The summed E-state index contributed by atoms with van der Waals surface area (Å²) in [6, 6.07) is 7.81. The number of aromatic nitrogens is 2. The molecule has 2 N–H and O–H groups in total. The van der Waals surface area contributed by atoms with Crippen LogP contribution in [0.15, 0.2) is 36.7 Å². The molecule has 2 aromatic rings. The molecule has 1 aromatic carbocycles. The van der Waals surface area contributed by atoms with Crippen molar-refractivity contribution in [2.24, 2.45) is 13.0 Å². The van der Waals surface area contributed by atoms with Crippen molar-refractivity contribution in [1.29, 1.82) is 0 Å². The normalized spacial score (nSPS) is 20.9. The van der Waals surface area contributed by atoms with Crippen LogP contribution in [-0.2, 0) is 11.8 Å². The Balaban J connectivity index is 1.70. The maximum absolute atomic E-state index is 13.1.